The highest BCUT2D eigenvalue weighted by Gasteiger charge is 2.28. The monoisotopic (exact) mass is 509 g/mol. The Balaban J connectivity index is 1.44. The molecule has 10 heteroatoms. The van der Waals surface area contributed by atoms with E-state index in [-0.39, 0.29) is 23.6 Å². The zero-order valence-corrected chi connectivity index (χ0v) is 21.4. The van der Waals surface area contributed by atoms with Gasteiger partial charge in [0.05, 0.1) is 24.8 Å². The van der Waals surface area contributed by atoms with Gasteiger partial charge in [0, 0.05) is 42.9 Å². The number of aromatic amines is 1. The van der Waals surface area contributed by atoms with Crippen LogP contribution in [-0.2, 0) is 4.79 Å². The molecule has 2 aromatic heterocycles. The lowest BCUT2D eigenvalue weighted by Crippen LogP contribution is -2.46. The van der Waals surface area contributed by atoms with Crippen molar-refractivity contribution < 1.29 is 23.5 Å². The minimum Gasteiger partial charge on any atom is -0.494 e. The zero-order chi connectivity index (χ0) is 26.1. The Kier molecular flexibility index (Phi) is 6.99. The van der Waals surface area contributed by atoms with E-state index in [0.717, 1.165) is 12.8 Å². The molecule has 2 fully saturated rings. The van der Waals surface area contributed by atoms with Gasteiger partial charge in [0.1, 0.15) is 23.3 Å². The Labute approximate surface area is 214 Å². The van der Waals surface area contributed by atoms with Gasteiger partial charge < -0.3 is 24.7 Å². The summed E-state index contributed by atoms with van der Waals surface area (Å²) in [7, 11) is 1.41. The van der Waals surface area contributed by atoms with Crippen molar-refractivity contribution in [1.82, 2.24) is 25.2 Å². The first-order valence-corrected chi connectivity index (χ1v) is 12.8. The number of piperidine rings is 1. The quantitative estimate of drug-likeness (QED) is 0.475. The van der Waals surface area contributed by atoms with Crippen LogP contribution in [0.1, 0.15) is 55.1 Å². The summed E-state index contributed by atoms with van der Waals surface area (Å²) in [5, 5.41) is 3.11. The SMILES string of the molecule is CCC(=O)N1CCC(NC(=O)c2c(C)[nH]c3c(-c4cc(F)c(OC)cc4OCC4CC4)ncnc23)CC1. The molecule has 5 rings (SSSR count). The molecular weight excluding hydrogens is 477 g/mol. The molecule has 0 radical (unpaired) electrons. The third-order valence-corrected chi connectivity index (χ3v) is 7.16. The van der Waals surface area contributed by atoms with Gasteiger partial charge in [0.2, 0.25) is 5.91 Å². The number of methoxy groups -OCH3 is 1. The molecule has 2 aliphatic rings. The summed E-state index contributed by atoms with van der Waals surface area (Å²) < 4.78 is 26.0. The van der Waals surface area contributed by atoms with Crippen LogP contribution in [0, 0.1) is 18.7 Å². The predicted octanol–water partition coefficient (Wildman–Crippen LogP) is 4.00. The van der Waals surface area contributed by atoms with Gasteiger partial charge >= 0.3 is 0 Å². The number of H-pyrrole nitrogens is 1. The molecule has 0 atom stereocenters. The van der Waals surface area contributed by atoms with E-state index in [9.17, 15) is 14.0 Å². The Bertz CT molecular complexity index is 1330. The van der Waals surface area contributed by atoms with Crippen molar-refractivity contribution in [2.45, 2.75) is 52.0 Å². The van der Waals surface area contributed by atoms with Crippen molar-refractivity contribution in [3.63, 3.8) is 0 Å². The summed E-state index contributed by atoms with van der Waals surface area (Å²) in [5.74, 6) is 0.434. The zero-order valence-electron chi connectivity index (χ0n) is 21.4. The highest BCUT2D eigenvalue weighted by molar-refractivity contribution is 6.09. The maximum atomic E-state index is 14.8. The first-order valence-electron chi connectivity index (χ1n) is 12.8. The number of nitrogens with zero attached hydrogens (tertiary/aromatic N) is 3. The molecule has 1 aromatic carbocycles. The molecule has 0 unspecified atom stereocenters. The Morgan fingerprint density at radius 3 is 2.59 bits per heavy atom. The number of hydrogen-bond donors (Lipinski definition) is 2. The van der Waals surface area contributed by atoms with Gasteiger partial charge in [-0.25, -0.2) is 14.4 Å². The summed E-state index contributed by atoms with van der Waals surface area (Å²) in [6.07, 6.45) is 5.50. The lowest BCUT2D eigenvalue weighted by atomic mass is 10.0. The molecule has 3 heterocycles. The summed E-state index contributed by atoms with van der Waals surface area (Å²) in [5.41, 5.74) is 2.98. The van der Waals surface area contributed by atoms with E-state index in [4.69, 9.17) is 9.47 Å². The molecule has 37 heavy (non-hydrogen) atoms. The van der Waals surface area contributed by atoms with Crippen LogP contribution >= 0.6 is 0 Å². The topological polar surface area (TPSA) is 109 Å². The van der Waals surface area contributed by atoms with Crippen molar-refractivity contribution in [3.8, 4) is 22.8 Å². The smallest absolute Gasteiger partial charge is 0.255 e. The van der Waals surface area contributed by atoms with Crippen LogP contribution < -0.4 is 14.8 Å². The number of nitrogens with one attached hydrogen (secondary N) is 2. The van der Waals surface area contributed by atoms with E-state index < -0.39 is 5.82 Å². The number of likely N-dealkylation sites (tertiary alicyclic amines) is 1. The number of benzene rings is 1. The molecule has 3 aromatic rings. The highest BCUT2D eigenvalue weighted by atomic mass is 19.1. The molecule has 0 spiro atoms. The minimum atomic E-state index is -0.530. The van der Waals surface area contributed by atoms with Crippen LogP contribution in [0.15, 0.2) is 18.5 Å². The number of aryl methyl sites for hydroxylation is 1. The molecule has 2 amide bonds. The average molecular weight is 510 g/mol. The van der Waals surface area contributed by atoms with Gasteiger partial charge in [-0.1, -0.05) is 6.92 Å². The van der Waals surface area contributed by atoms with Crippen molar-refractivity contribution in [2.75, 3.05) is 26.8 Å². The maximum Gasteiger partial charge on any atom is 0.255 e. The number of carbonyl (C=O) groups is 2. The fraction of sp³-hybridized carbons (Fsp3) is 0.481. The Morgan fingerprint density at radius 1 is 1.16 bits per heavy atom. The summed E-state index contributed by atoms with van der Waals surface area (Å²) >= 11 is 0. The molecule has 1 aliphatic heterocycles. The second-order valence-corrected chi connectivity index (χ2v) is 9.79. The fourth-order valence-corrected chi connectivity index (χ4v) is 4.85. The lowest BCUT2D eigenvalue weighted by Gasteiger charge is -2.32. The highest BCUT2D eigenvalue weighted by Crippen LogP contribution is 2.39. The summed E-state index contributed by atoms with van der Waals surface area (Å²) in [6.45, 7) is 5.46. The Morgan fingerprint density at radius 2 is 1.92 bits per heavy atom. The molecule has 1 saturated heterocycles. The number of carbonyl (C=O) groups excluding carboxylic acids is 2. The van der Waals surface area contributed by atoms with E-state index in [2.05, 4.69) is 20.3 Å². The average Bonchev–Trinajstić information content (AvgIpc) is 3.67. The summed E-state index contributed by atoms with van der Waals surface area (Å²) in [6, 6.07) is 2.86. The van der Waals surface area contributed by atoms with Crippen molar-refractivity contribution in [1.29, 1.82) is 0 Å². The van der Waals surface area contributed by atoms with Gasteiger partial charge in [0.25, 0.3) is 5.91 Å². The van der Waals surface area contributed by atoms with Crippen LogP contribution in [0.4, 0.5) is 4.39 Å². The molecule has 196 valence electrons. The van der Waals surface area contributed by atoms with Crippen molar-refractivity contribution in [2.24, 2.45) is 5.92 Å². The molecular formula is C27H32FN5O4. The first-order chi connectivity index (χ1) is 17.9. The fourth-order valence-electron chi connectivity index (χ4n) is 4.85. The number of ether oxygens (including phenoxy) is 2. The molecule has 1 saturated carbocycles. The van der Waals surface area contributed by atoms with E-state index >= 15 is 0 Å². The van der Waals surface area contributed by atoms with Crippen LogP contribution in [0.3, 0.4) is 0 Å². The maximum absolute atomic E-state index is 14.8. The third kappa shape index (κ3) is 5.10. The molecule has 0 bridgehead atoms. The number of halogens is 1. The van der Waals surface area contributed by atoms with Crippen molar-refractivity contribution in [3.05, 3.63) is 35.5 Å². The lowest BCUT2D eigenvalue weighted by molar-refractivity contribution is -0.131. The number of amides is 2. The van der Waals surface area contributed by atoms with E-state index in [0.29, 0.717) is 84.2 Å². The van der Waals surface area contributed by atoms with Gasteiger partial charge in [0.15, 0.2) is 11.6 Å². The van der Waals surface area contributed by atoms with E-state index in [1.54, 1.807) is 6.07 Å². The standard InChI is InChI=1S/C27H32FN5O4/c1-4-22(34)33-9-7-17(8-10-33)32-27(35)23-15(2)31-26-24(29-14-30-25(23)26)18-11-19(28)21(36-3)12-20(18)37-13-16-5-6-16/h11-12,14,16-17,31H,4-10,13H2,1-3H3,(H,32,35). The van der Waals surface area contributed by atoms with Crippen LogP contribution in [-0.4, -0.2) is 64.5 Å². The second kappa shape index (κ2) is 10.4. The van der Waals surface area contributed by atoms with E-state index in [1.807, 2.05) is 18.7 Å². The van der Waals surface area contributed by atoms with Gasteiger partial charge in [-0.3, -0.25) is 9.59 Å². The number of fused-ring (bicyclic) bond motifs is 1. The van der Waals surface area contributed by atoms with Crippen LogP contribution in [0.25, 0.3) is 22.3 Å². The minimum absolute atomic E-state index is 0.0304. The van der Waals surface area contributed by atoms with E-state index in [1.165, 1.54) is 19.5 Å². The molecule has 2 N–H and O–H groups in total. The van der Waals surface area contributed by atoms with Crippen molar-refractivity contribution >= 4 is 22.8 Å². The number of rotatable bonds is 8. The number of aromatic nitrogens is 3. The summed E-state index contributed by atoms with van der Waals surface area (Å²) in [4.78, 5) is 39.2. The van der Waals surface area contributed by atoms with Crippen LogP contribution in [0.2, 0.25) is 0 Å². The van der Waals surface area contributed by atoms with Crippen LogP contribution in [0.5, 0.6) is 11.5 Å². The molecule has 9 nitrogen and oxygen atoms in total. The van der Waals surface area contributed by atoms with Gasteiger partial charge in [-0.05, 0) is 44.6 Å². The van der Waals surface area contributed by atoms with Gasteiger partial charge in [-0.15, -0.1) is 0 Å². The molecule has 1 aliphatic carbocycles. The normalized spacial score (nSPS) is 16.2. The first kappa shape index (κ1) is 25.0. The Hall–Kier alpha value is -3.69. The third-order valence-electron chi connectivity index (χ3n) is 7.16. The second-order valence-electron chi connectivity index (χ2n) is 9.79. The predicted molar refractivity (Wildman–Crippen MR) is 136 cm³/mol. The van der Waals surface area contributed by atoms with Gasteiger partial charge in [-0.2, -0.15) is 0 Å². The largest absolute Gasteiger partial charge is 0.494 e. The number of hydrogen-bond acceptors (Lipinski definition) is 6.